The fraction of sp³-hybridized carbons (Fsp3) is 0.381. The van der Waals surface area contributed by atoms with E-state index in [2.05, 4.69) is 29.6 Å². The summed E-state index contributed by atoms with van der Waals surface area (Å²) in [5.74, 6) is 0.746. The fourth-order valence-electron chi connectivity index (χ4n) is 3.16. The monoisotopic (exact) mass is 323 g/mol. The maximum absolute atomic E-state index is 11.9. The molecule has 2 aromatic carbocycles. The van der Waals surface area contributed by atoms with Crippen molar-refractivity contribution in [3.05, 3.63) is 65.2 Å². The van der Waals surface area contributed by atoms with E-state index in [1.807, 2.05) is 24.3 Å². The van der Waals surface area contributed by atoms with Crippen LogP contribution in [-0.2, 0) is 24.1 Å². The van der Waals surface area contributed by atoms with Crippen molar-refractivity contribution in [3.63, 3.8) is 0 Å². The molecule has 0 unspecified atom stereocenters. The molecule has 0 saturated heterocycles. The first-order valence-electron chi connectivity index (χ1n) is 8.86. The Hall–Kier alpha value is -2.29. The van der Waals surface area contributed by atoms with Crippen LogP contribution in [0.3, 0.4) is 0 Å². The van der Waals surface area contributed by atoms with Gasteiger partial charge in [0, 0.05) is 6.54 Å². The SMILES string of the molecule is O=C(COc1ccc2c(c1)CCCC2)NCCCc1ccccc1. The van der Waals surface area contributed by atoms with E-state index in [4.69, 9.17) is 4.74 Å². The number of aryl methyl sites for hydroxylation is 3. The molecule has 0 aliphatic heterocycles. The van der Waals surface area contributed by atoms with E-state index >= 15 is 0 Å². The number of fused-ring (bicyclic) bond motifs is 1. The van der Waals surface area contributed by atoms with Crippen molar-refractivity contribution in [2.45, 2.75) is 38.5 Å². The second kappa shape index (κ2) is 8.53. The average molecular weight is 323 g/mol. The molecular weight excluding hydrogens is 298 g/mol. The van der Waals surface area contributed by atoms with Crippen molar-refractivity contribution >= 4 is 5.91 Å². The van der Waals surface area contributed by atoms with Crippen LogP contribution in [0.1, 0.15) is 36.0 Å². The maximum atomic E-state index is 11.9. The van der Waals surface area contributed by atoms with Gasteiger partial charge in [0.2, 0.25) is 0 Å². The Morgan fingerprint density at radius 2 is 1.79 bits per heavy atom. The van der Waals surface area contributed by atoms with Crippen molar-refractivity contribution in [3.8, 4) is 5.75 Å². The molecule has 3 rings (SSSR count). The molecule has 126 valence electrons. The average Bonchev–Trinajstić information content (AvgIpc) is 2.64. The van der Waals surface area contributed by atoms with Crippen molar-refractivity contribution in [1.29, 1.82) is 0 Å². The summed E-state index contributed by atoms with van der Waals surface area (Å²) in [4.78, 5) is 11.9. The molecule has 3 nitrogen and oxygen atoms in total. The van der Waals surface area contributed by atoms with Gasteiger partial charge in [0.15, 0.2) is 6.61 Å². The van der Waals surface area contributed by atoms with Crippen LogP contribution in [0.5, 0.6) is 5.75 Å². The van der Waals surface area contributed by atoms with Gasteiger partial charge in [-0.05, 0) is 67.3 Å². The van der Waals surface area contributed by atoms with Gasteiger partial charge in [-0.1, -0.05) is 36.4 Å². The lowest BCUT2D eigenvalue weighted by Gasteiger charge is -2.16. The summed E-state index contributed by atoms with van der Waals surface area (Å²) in [7, 11) is 0. The van der Waals surface area contributed by atoms with Crippen LogP contribution in [0.15, 0.2) is 48.5 Å². The lowest BCUT2D eigenvalue weighted by molar-refractivity contribution is -0.123. The maximum Gasteiger partial charge on any atom is 0.257 e. The molecule has 0 saturated carbocycles. The van der Waals surface area contributed by atoms with Gasteiger partial charge in [-0.3, -0.25) is 4.79 Å². The van der Waals surface area contributed by atoms with Gasteiger partial charge >= 0.3 is 0 Å². The third kappa shape index (κ3) is 4.85. The van der Waals surface area contributed by atoms with Gasteiger partial charge in [0.25, 0.3) is 5.91 Å². The molecule has 1 aliphatic rings. The van der Waals surface area contributed by atoms with E-state index in [1.165, 1.54) is 29.5 Å². The zero-order valence-corrected chi connectivity index (χ0v) is 14.1. The molecule has 1 amide bonds. The molecule has 0 spiro atoms. The molecule has 2 aromatic rings. The quantitative estimate of drug-likeness (QED) is 0.789. The second-order valence-electron chi connectivity index (χ2n) is 6.37. The Morgan fingerprint density at radius 3 is 2.62 bits per heavy atom. The van der Waals surface area contributed by atoms with E-state index in [9.17, 15) is 4.79 Å². The number of ether oxygens (including phenoxy) is 1. The molecule has 24 heavy (non-hydrogen) atoms. The second-order valence-corrected chi connectivity index (χ2v) is 6.37. The topological polar surface area (TPSA) is 38.3 Å². The zero-order chi connectivity index (χ0) is 16.6. The van der Waals surface area contributed by atoms with Gasteiger partial charge in [0.1, 0.15) is 5.75 Å². The van der Waals surface area contributed by atoms with Crippen LogP contribution in [0.25, 0.3) is 0 Å². The molecule has 0 atom stereocenters. The van der Waals surface area contributed by atoms with Crippen LogP contribution in [-0.4, -0.2) is 19.1 Å². The zero-order valence-electron chi connectivity index (χ0n) is 14.1. The van der Waals surface area contributed by atoms with Crippen LogP contribution in [0, 0.1) is 0 Å². The van der Waals surface area contributed by atoms with Gasteiger partial charge in [-0.15, -0.1) is 0 Å². The summed E-state index contributed by atoms with van der Waals surface area (Å²) >= 11 is 0. The highest BCUT2D eigenvalue weighted by atomic mass is 16.5. The third-order valence-corrected chi connectivity index (χ3v) is 4.50. The van der Waals surface area contributed by atoms with E-state index in [0.29, 0.717) is 6.54 Å². The van der Waals surface area contributed by atoms with Crippen molar-refractivity contribution in [2.75, 3.05) is 13.2 Å². The normalized spacial score (nSPS) is 13.2. The lowest BCUT2D eigenvalue weighted by atomic mass is 9.92. The van der Waals surface area contributed by atoms with E-state index < -0.39 is 0 Å². The van der Waals surface area contributed by atoms with E-state index in [1.54, 1.807) is 0 Å². The first-order chi connectivity index (χ1) is 11.8. The minimum atomic E-state index is -0.0548. The van der Waals surface area contributed by atoms with Crippen molar-refractivity contribution in [1.82, 2.24) is 5.32 Å². The number of benzene rings is 2. The Kier molecular flexibility index (Phi) is 5.89. The standard InChI is InChI=1S/C21H25NO2/c23-21(22-14-6-9-17-7-2-1-3-8-17)16-24-20-13-12-18-10-4-5-11-19(18)15-20/h1-3,7-8,12-13,15H,4-6,9-11,14,16H2,(H,22,23). The summed E-state index contributed by atoms with van der Waals surface area (Å²) in [6.45, 7) is 0.769. The molecule has 0 bridgehead atoms. The molecule has 0 aromatic heterocycles. The predicted molar refractivity (Wildman–Crippen MR) is 96.4 cm³/mol. The number of amides is 1. The summed E-state index contributed by atoms with van der Waals surface area (Å²) in [6.07, 6.45) is 6.73. The highest BCUT2D eigenvalue weighted by Gasteiger charge is 2.10. The number of hydrogen-bond donors (Lipinski definition) is 1. The van der Waals surface area contributed by atoms with Crippen molar-refractivity contribution < 1.29 is 9.53 Å². The van der Waals surface area contributed by atoms with Crippen LogP contribution in [0.2, 0.25) is 0 Å². The van der Waals surface area contributed by atoms with Gasteiger partial charge in [-0.25, -0.2) is 0 Å². The van der Waals surface area contributed by atoms with Crippen LogP contribution >= 0.6 is 0 Å². The summed E-state index contributed by atoms with van der Waals surface area (Å²) in [5, 5.41) is 2.92. The smallest absolute Gasteiger partial charge is 0.257 e. The van der Waals surface area contributed by atoms with E-state index in [0.717, 1.165) is 31.4 Å². The number of hydrogen-bond acceptors (Lipinski definition) is 2. The first kappa shape index (κ1) is 16.6. The van der Waals surface area contributed by atoms with Crippen LogP contribution < -0.4 is 10.1 Å². The lowest BCUT2D eigenvalue weighted by Crippen LogP contribution is -2.29. The summed E-state index contributed by atoms with van der Waals surface area (Å²) in [5.41, 5.74) is 4.11. The summed E-state index contributed by atoms with van der Waals surface area (Å²) in [6, 6.07) is 16.5. The highest BCUT2D eigenvalue weighted by molar-refractivity contribution is 5.77. The number of carbonyl (C=O) groups excluding carboxylic acids is 1. The number of nitrogens with one attached hydrogen (secondary N) is 1. The fourth-order valence-corrected chi connectivity index (χ4v) is 3.16. The minimum Gasteiger partial charge on any atom is -0.484 e. The Morgan fingerprint density at radius 1 is 1.00 bits per heavy atom. The molecule has 0 radical (unpaired) electrons. The Labute approximate surface area is 144 Å². The van der Waals surface area contributed by atoms with Gasteiger partial charge in [0.05, 0.1) is 0 Å². The molecule has 3 heteroatoms. The number of carbonyl (C=O) groups is 1. The summed E-state index contributed by atoms with van der Waals surface area (Å²) < 4.78 is 5.64. The predicted octanol–water partition coefficient (Wildman–Crippen LogP) is 3.69. The Balaban J connectivity index is 1.36. The first-order valence-corrected chi connectivity index (χ1v) is 8.86. The molecular formula is C21H25NO2. The molecule has 1 N–H and O–H groups in total. The van der Waals surface area contributed by atoms with E-state index in [-0.39, 0.29) is 12.5 Å². The van der Waals surface area contributed by atoms with Gasteiger partial charge in [-0.2, -0.15) is 0 Å². The Bertz CT molecular complexity index is 667. The number of rotatable bonds is 7. The third-order valence-electron chi connectivity index (χ3n) is 4.50. The van der Waals surface area contributed by atoms with Crippen LogP contribution in [0.4, 0.5) is 0 Å². The van der Waals surface area contributed by atoms with Crippen molar-refractivity contribution in [2.24, 2.45) is 0 Å². The molecule has 1 aliphatic carbocycles. The molecule has 0 heterocycles. The highest BCUT2D eigenvalue weighted by Crippen LogP contribution is 2.25. The largest absolute Gasteiger partial charge is 0.484 e. The minimum absolute atomic E-state index is 0.0548. The van der Waals surface area contributed by atoms with Gasteiger partial charge < -0.3 is 10.1 Å². The molecule has 0 fully saturated rings.